The first-order chi connectivity index (χ1) is 9.67. The third kappa shape index (κ3) is 2.52. The Morgan fingerprint density at radius 2 is 2.15 bits per heavy atom. The third-order valence-corrected chi connectivity index (χ3v) is 5.19. The van der Waals surface area contributed by atoms with Crippen molar-refractivity contribution >= 4 is 42.0 Å². The zero-order valence-electron chi connectivity index (χ0n) is 10.6. The van der Waals surface area contributed by atoms with Crippen LogP contribution in [0.25, 0.3) is 20.0 Å². The number of hydrogen-bond donors (Lipinski definition) is 1. The van der Waals surface area contributed by atoms with Crippen molar-refractivity contribution < 1.29 is 9.53 Å². The topological polar surface area (TPSA) is 55.0 Å². The summed E-state index contributed by atoms with van der Waals surface area (Å²) in [6.07, 6.45) is 0. The molecule has 4 nitrogen and oxygen atoms in total. The van der Waals surface area contributed by atoms with Gasteiger partial charge in [-0.2, -0.15) is 0 Å². The number of ether oxygens (including phenoxy) is 1. The van der Waals surface area contributed by atoms with E-state index >= 15 is 0 Å². The van der Waals surface area contributed by atoms with Crippen LogP contribution in [-0.4, -0.2) is 37.0 Å². The second-order valence-electron chi connectivity index (χ2n) is 4.14. The van der Waals surface area contributed by atoms with Gasteiger partial charge in [0.05, 0.1) is 0 Å². The molecule has 0 aliphatic heterocycles. The normalized spacial score (nSPS) is 10.9. The summed E-state index contributed by atoms with van der Waals surface area (Å²) in [4.78, 5) is 19.3. The van der Waals surface area contributed by atoms with Crippen molar-refractivity contribution in [3.63, 3.8) is 0 Å². The summed E-state index contributed by atoms with van der Waals surface area (Å²) >= 11 is 5.94. The number of esters is 1. The van der Waals surface area contributed by atoms with E-state index in [9.17, 15) is 4.79 Å². The van der Waals surface area contributed by atoms with Gasteiger partial charge in [-0.05, 0) is 0 Å². The molecule has 0 radical (unpaired) electrons. The number of halogens is 1. The zero-order valence-corrected chi connectivity index (χ0v) is 13.1. The van der Waals surface area contributed by atoms with Crippen LogP contribution in [0.2, 0.25) is 5.02 Å². The fourth-order valence-electron chi connectivity index (χ4n) is 1.85. The van der Waals surface area contributed by atoms with E-state index < -0.39 is 0 Å². The summed E-state index contributed by atoms with van der Waals surface area (Å²) in [6.45, 7) is 2.15. The van der Waals surface area contributed by atoms with Crippen LogP contribution >= 0.6 is 11.6 Å². The molecular formula is C14H11ClN2O2Se. The molecule has 0 saturated carbocycles. The number of rotatable bonds is 3. The number of fused-ring (bicyclic) bond motifs is 1. The van der Waals surface area contributed by atoms with Crippen LogP contribution in [0.4, 0.5) is 0 Å². The van der Waals surface area contributed by atoms with E-state index in [-0.39, 0.29) is 20.5 Å². The summed E-state index contributed by atoms with van der Waals surface area (Å²) in [5.41, 5.74) is 2.37. The minimum absolute atomic E-state index is 0.0634. The van der Waals surface area contributed by atoms with Crippen LogP contribution < -0.4 is 0 Å². The fourth-order valence-corrected chi connectivity index (χ4v) is 3.99. The first kappa shape index (κ1) is 13.4. The molecule has 2 heterocycles. The monoisotopic (exact) mass is 354 g/mol. The molecule has 0 aliphatic rings. The Hall–Kier alpha value is -1.55. The van der Waals surface area contributed by atoms with E-state index in [1.165, 1.54) is 0 Å². The van der Waals surface area contributed by atoms with Gasteiger partial charge < -0.3 is 0 Å². The Labute approximate surface area is 126 Å². The van der Waals surface area contributed by atoms with Gasteiger partial charge in [0, 0.05) is 0 Å². The van der Waals surface area contributed by atoms with Gasteiger partial charge in [-0.1, -0.05) is 0 Å². The maximum atomic E-state index is 11.6. The summed E-state index contributed by atoms with van der Waals surface area (Å²) in [6, 6.07) is 9.37. The van der Waals surface area contributed by atoms with Crippen molar-refractivity contribution in [2.24, 2.45) is 0 Å². The van der Waals surface area contributed by atoms with E-state index in [0.29, 0.717) is 17.3 Å². The van der Waals surface area contributed by atoms with Crippen molar-refractivity contribution in [3.8, 4) is 10.1 Å². The molecule has 0 fully saturated rings. The summed E-state index contributed by atoms with van der Waals surface area (Å²) < 4.78 is 7.00. The van der Waals surface area contributed by atoms with Gasteiger partial charge in [-0.3, -0.25) is 0 Å². The third-order valence-electron chi connectivity index (χ3n) is 2.77. The van der Waals surface area contributed by atoms with Gasteiger partial charge in [0.15, 0.2) is 0 Å². The first-order valence-electron chi connectivity index (χ1n) is 6.10. The quantitative estimate of drug-likeness (QED) is 0.581. The number of carbonyl (C=O) groups excluding carboxylic acids is 1. The van der Waals surface area contributed by atoms with Gasteiger partial charge in [-0.25, -0.2) is 0 Å². The minimum atomic E-state index is -0.332. The fraction of sp³-hybridized carbons (Fsp3) is 0.143. The van der Waals surface area contributed by atoms with Crippen molar-refractivity contribution in [3.05, 3.63) is 41.0 Å². The van der Waals surface area contributed by atoms with Gasteiger partial charge in [0.2, 0.25) is 0 Å². The van der Waals surface area contributed by atoms with E-state index in [1.54, 1.807) is 13.0 Å². The predicted octanol–water partition coefficient (Wildman–Crippen LogP) is 3.12. The van der Waals surface area contributed by atoms with Crippen molar-refractivity contribution in [2.45, 2.75) is 6.92 Å². The Morgan fingerprint density at radius 3 is 2.80 bits per heavy atom. The van der Waals surface area contributed by atoms with Gasteiger partial charge in [0.25, 0.3) is 0 Å². The molecule has 0 bridgehead atoms. The van der Waals surface area contributed by atoms with Gasteiger partial charge >= 0.3 is 126 Å². The molecule has 2 aromatic heterocycles. The summed E-state index contributed by atoms with van der Waals surface area (Å²) in [7, 11) is 0. The molecule has 3 aromatic rings. The van der Waals surface area contributed by atoms with Crippen LogP contribution in [0.1, 0.15) is 17.4 Å². The van der Waals surface area contributed by atoms with Crippen LogP contribution in [0.15, 0.2) is 30.3 Å². The number of nitrogens with zero attached hydrogens (tertiary/aromatic N) is 1. The number of nitrogens with one attached hydrogen (secondary N) is 1. The SMILES string of the molecule is CCOC(=O)c1cc2nc(-c3ccc(Cl)cc3)[se]c2[nH]1. The average molecular weight is 354 g/mol. The molecule has 1 aromatic carbocycles. The van der Waals surface area contributed by atoms with Gasteiger partial charge in [0.1, 0.15) is 0 Å². The van der Waals surface area contributed by atoms with Crippen molar-refractivity contribution in [1.29, 1.82) is 0 Å². The van der Waals surface area contributed by atoms with Crippen LogP contribution in [-0.2, 0) is 4.74 Å². The molecule has 0 spiro atoms. The standard InChI is InChI=1S/C14H11ClN2O2Se/c1-2-19-14(18)11-7-10-13(17-11)20-12(16-10)8-3-5-9(15)6-4-8/h3-7,17H,2H2,1H3. The van der Waals surface area contributed by atoms with Crippen molar-refractivity contribution in [1.82, 2.24) is 9.97 Å². The average Bonchev–Trinajstić information content (AvgIpc) is 2.98. The first-order valence-corrected chi connectivity index (χ1v) is 8.19. The number of aromatic nitrogens is 2. The molecule has 3 rings (SSSR count). The Kier molecular flexibility index (Phi) is 3.66. The molecule has 6 heteroatoms. The number of carbonyl (C=O) groups is 1. The van der Waals surface area contributed by atoms with Crippen LogP contribution in [0, 0.1) is 0 Å². The Bertz CT molecular complexity index is 730. The second kappa shape index (κ2) is 5.44. The molecule has 102 valence electrons. The Balaban J connectivity index is 1.94. The molecule has 0 atom stereocenters. The number of aromatic amines is 1. The van der Waals surface area contributed by atoms with E-state index in [4.69, 9.17) is 16.3 Å². The maximum absolute atomic E-state index is 11.6. The molecule has 0 aliphatic carbocycles. The van der Waals surface area contributed by atoms with E-state index in [2.05, 4.69) is 9.97 Å². The van der Waals surface area contributed by atoms with E-state index in [1.807, 2.05) is 24.3 Å². The molecular weight excluding hydrogens is 343 g/mol. The molecule has 0 amide bonds. The predicted molar refractivity (Wildman–Crippen MR) is 79.4 cm³/mol. The molecule has 0 saturated heterocycles. The summed E-state index contributed by atoms with van der Waals surface area (Å²) in [5.74, 6) is -0.332. The number of H-pyrrole nitrogens is 1. The van der Waals surface area contributed by atoms with Crippen molar-refractivity contribution in [2.75, 3.05) is 6.61 Å². The second-order valence-corrected chi connectivity index (χ2v) is 6.68. The summed E-state index contributed by atoms with van der Waals surface area (Å²) in [5, 5.41) is 0.711. The molecule has 1 N–H and O–H groups in total. The van der Waals surface area contributed by atoms with Crippen LogP contribution in [0.3, 0.4) is 0 Å². The molecule has 20 heavy (non-hydrogen) atoms. The van der Waals surface area contributed by atoms with Gasteiger partial charge in [-0.15, -0.1) is 0 Å². The molecule has 0 unspecified atom stereocenters. The van der Waals surface area contributed by atoms with E-state index in [0.717, 1.165) is 20.0 Å². The Morgan fingerprint density at radius 1 is 1.40 bits per heavy atom. The zero-order chi connectivity index (χ0) is 14.1. The number of benzene rings is 1. The number of hydrogen-bond acceptors (Lipinski definition) is 3. The van der Waals surface area contributed by atoms with Crippen LogP contribution in [0.5, 0.6) is 0 Å².